The Labute approximate surface area is 167 Å². The molecule has 0 amide bonds. The van der Waals surface area contributed by atoms with E-state index >= 15 is 0 Å². The van der Waals surface area contributed by atoms with Crippen LogP contribution in [0.5, 0.6) is 5.75 Å². The number of methoxy groups -OCH3 is 1. The van der Waals surface area contributed by atoms with Crippen molar-refractivity contribution >= 4 is 11.8 Å². The van der Waals surface area contributed by atoms with Gasteiger partial charge in [-0.1, -0.05) is 0 Å². The van der Waals surface area contributed by atoms with Crippen LogP contribution in [0, 0.1) is 0 Å². The number of carbonyl (C=O) groups is 1. The molecule has 0 spiro atoms. The van der Waals surface area contributed by atoms with E-state index in [4.69, 9.17) is 18.6 Å². The van der Waals surface area contributed by atoms with Gasteiger partial charge in [0.25, 0.3) is 5.89 Å². The van der Waals surface area contributed by atoms with Gasteiger partial charge in [-0.15, -0.1) is 10.2 Å². The maximum absolute atomic E-state index is 12.3. The zero-order chi connectivity index (χ0) is 20.1. The topological polar surface area (TPSA) is 99.8 Å². The standard InChI is InChI=1S/C20H20N4O5/c1-26-16-5-2-14(3-6-16)19-23-22-18(29-19)13-28-20(25)15-4-7-17(21-12-15)24-8-10-27-11-9-24/h2-7,12H,8-11,13H2,1H3. The van der Waals surface area contributed by atoms with Gasteiger partial charge in [0.05, 0.1) is 25.9 Å². The van der Waals surface area contributed by atoms with Gasteiger partial charge >= 0.3 is 5.97 Å². The van der Waals surface area contributed by atoms with Crippen LogP contribution in [0.1, 0.15) is 16.2 Å². The summed E-state index contributed by atoms with van der Waals surface area (Å²) in [5, 5.41) is 7.90. The highest BCUT2D eigenvalue weighted by molar-refractivity contribution is 5.89. The van der Waals surface area contributed by atoms with Crippen molar-refractivity contribution < 1.29 is 23.4 Å². The van der Waals surface area contributed by atoms with Crippen molar-refractivity contribution in [2.45, 2.75) is 6.61 Å². The summed E-state index contributed by atoms with van der Waals surface area (Å²) in [5.74, 6) is 1.59. The van der Waals surface area contributed by atoms with Crippen molar-refractivity contribution in [3.05, 3.63) is 54.0 Å². The monoisotopic (exact) mass is 396 g/mol. The van der Waals surface area contributed by atoms with E-state index < -0.39 is 5.97 Å². The summed E-state index contributed by atoms with van der Waals surface area (Å²) in [6, 6.07) is 10.7. The average Bonchev–Trinajstić information content (AvgIpc) is 3.27. The number of hydrogen-bond acceptors (Lipinski definition) is 9. The van der Waals surface area contributed by atoms with Gasteiger partial charge < -0.3 is 23.5 Å². The molecule has 1 saturated heterocycles. The number of aromatic nitrogens is 3. The van der Waals surface area contributed by atoms with E-state index in [2.05, 4.69) is 20.1 Å². The lowest BCUT2D eigenvalue weighted by molar-refractivity contribution is 0.0438. The molecule has 1 aromatic carbocycles. The lowest BCUT2D eigenvalue weighted by Gasteiger charge is -2.27. The molecule has 3 heterocycles. The van der Waals surface area contributed by atoms with E-state index in [0.717, 1.165) is 30.2 Å². The number of morpholine rings is 1. The fourth-order valence-corrected chi connectivity index (χ4v) is 2.86. The van der Waals surface area contributed by atoms with Gasteiger partial charge in [-0.25, -0.2) is 9.78 Å². The summed E-state index contributed by atoms with van der Waals surface area (Å²) >= 11 is 0. The van der Waals surface area contributed by atoms with Crippen LogP contribution in [-0.2, 0) is 16.1 Å². The van der Waals surface area contributed by atoms with E-state index in [9.17, 15) is 4.79 Å². The number of pyridine rings is 1. The molecular weight excluding hydrogens is 376 g/mol. The van der Waals surface area contributed by atoms with Crippen molar-refractivity contribution in [1.29, 1.82) is 0 Å². The Balaban J connectivity index is 1.34. The summed E-state index contributed by atoms with van der Waals surface area (Å²) in [7, 11) is 1.60. The van der Waals surface area contributed by atoms with Crippen LogP contribution in [0.15, 0.2) is 47.0 Å². The molecule has 3 aromatic rings. The summed E-state index contributed by atoms with van der Waals surface area (Å²) < 4.78 is 21.3. The van der Waals surface area contributed by atoms with Crippen molar-refractivity contribution in [1.82, 2.24) is 15.2 Å². The molecule has 4 rings (SSSR count). The molecule has 9 nitrogen and oxygen atoms in total. The zero-order valence-corrected chi connectivity index (χ0v) is 15.9. The fraction of sp³-hybridized carbons (Fsp3) is 0.300. The van der Waals surface area contributed by atoms with Gasteiger partial charge in [-0.3, -0.25) is 0 Å². The zero-order valence-electron chi connectivity index (χ0n) is 15.9. The number of nitrogens with zero attached hydrogens (tertiary/aromatic N) is 4. The second-order valence-electron chi connectivity index (χ2n) is 6.31. The molecule has 0 radical (unpaired) electrons. The fourth-order valence-electron chi connectivity index (χ4n) is 2.86. The predicted molar refractivity (Wildman–Crippen MR) is 103 cm³/mol. The van der Waals surface area contributed by atoms with E-state index in [0.29, 0.717) is 24.7 Å². The molecule has 0 atom stereocenters. The molecule has 0 unspecified atom stereocenters. The molecule has 1 aliphatic heterocycles. The van der Waals surface area contributed by atoms with Crippen molar-refractivity contribution in [2.24, 2.45) is 0 Å². The van der Waals surface area contributed by atoms with Crippen LogP contribution in [0.3, 0.4) is 0 Å². The summed E-state index contributed by atoms with van der Waals surface area (Å²) in [6.45, 7) is 2.80. The number of hydrogen-bond donors (Lipinski definition) is 0. The van der Waals surface area contributed by atoms with Gasteiger partial charge in [0.1, 0.15) is 11.6 Å². The first-order chi connectivity index (χ1) is 14.2. The molecule has 0 bridgehead atoms. The van der Waals surface area contributed by atoms with E-state index in [1.54, 1.807) is 31.4 Å². The van der Waals surface area contributed by atoms with Crippen molar-refractivity contribution in [3.63, 3.8) is 0 Å². The molecule has 29 heavy (non-hydrogen) atoms. The number of anilines is 1. The second-order valence-corrected chi connectivity index (χ2v) is 6.31. The Morgan fingerprint density at radius 2 is 1.90 bits per heavy atom. The Hall–Kier alpha value is -3.46. The Bertz CT molecular complexity index is 950. The van der Waals surface area contributed by atoms with Crippen LogP contribution < -0.4 is 9.64 Å². The predicted octanol–water partition coefficient (Wildman–Crippen LogP) is 2.33. The maximum Gasteiger partial charge on any atom is 0.340 e. The Kier molecular flexibility index (Phi) is 5.66. The summed E-state index contributed by atoms with van der Waals surface area (Å²) in [5.41, 5.74) is 1.11. The molecular formula is C20H20N4O5. The first-order valence-corrected chi connectivity index (χ1v) is 9.15. The molecule has 0 saturated carbocycles. The van der Waals surface area contributed by atoms with Crippen LogP contribution in [0.25, 0.3) is 11.5 Å². The average molecular weight is 396 g/mol. The van der Waals surface area contributed by atoms with Gasteiger partial charge in [-0.05, 0) is 36.4 Å². The van der Waals surface area contributed by atoms with E-state index in [1.165, 1.54) is 6.20 Å². The molecule has 1 fully saturated rings. The number of ether oxygens (including phenoxy) is 3. The third-order valence-electron chi connectivity index (χ3n) is 4.45. The van der Waals surface area contributed by atoms with Gasteiger partial charge in [0.15, 0.2) is 6.61 Å². The van der Waals surface area contributed by atoms with E-state index in [-0.39, 0.29) is 12.5 Å². The third kappa shape index (κ3) is 4.52. The SMILES string of the molecule is COc1ccc(-c2nnc(COC(=O)c3ccc(N4CCOCC4)nc3)o2)cc1. The quantitative estimate of drug-likeness (QED) is 0.581. The minimum Gasteiger partial charge on any atom is -0.497 e. The largest absolute Gasteiger partial charge is 0.497 e. The van der Waals surface area contributed by atoms with Gasteiger partial charge in [-0.2, -0.15) is 0 Å². The Morgan fingerprint density at radius 3 is 2.59 bits per heavy atom. The van der Waals surface area contributed by atoms with Crippen LogP contribution in [-0.4, -0.2) is 54.6 Å². The van der Waals surface area contributed by atoms with Crippen LogP contribution in [0.4, 0.5) is 5.82 Å². The number of rotatable bonds is 6. The van der Waals surface area contributed by atoms with Gasteiger partial charge in [0, 0.05) is 24.8 Å². The first-order valence-electron chi connectivity index (χ1n) is 9.15. The molecule has 1 aliphatic rings. The molecule has 2 aromatic heterocycles. The highest BCUT2D eigenvalue weighted by atomic mass is 16.5. The highest BCUT2D eigenvalue weighted by Crippen LogP contribution is 2.21. The highest BCUT2D eigenvalue weighted by Gasteiger charge is 2.15. The minimum atomic E-state index is -0.504. The summed E-state index contributed by atoms with van der Waals surface area (Å²) in [4.78, 5) is 18.7. The van der Waals surface area contributed by atoms with Crippen LogP contribution >= 0.6 is 0 Å². The first kappa shape index (κ1) is 18.9. The number of carbonyl (C=O) groups excluding carboxylic acids is 1. The molecule has 0 aliphatic carbocycles. The third-order valence-corrected chi connectivity index (χ3v) is 4.45. The molecule has 0 N–H and O–H groups in total. The maximum atomic E-state index is 12.3. The lowest BCUT2D eigenvalue weighted by atomic mass is 10.2. The minimum absolute atomic E-state index is 0.118. The molecule has 150 valence electrons. The second kappa shape index (κ2) is 8.70. The Morgan fingerprint density at radius 1 is 1.10 bits per heavy atom. The van der Waals surface area contributed by atoms with Crippen LogP contribution in [0.2, 0.25) is 0 Å². The molecule has 9 heteroatoms. The van der Waals surface area contributed by atoms with Crippen molar-refractivity contribution in [2.75, 3.05) is 38.3 Å². The number of benzene rings is 1. The van der Waals surface area contributed by atoms with Gasteiger partial charge in [0.2, 0.25) is 5.89 Å². The smallest absolute Gasteiger partial charge is 0.340 e. The van der Waals surface area contributed by atoms with E-state index in [1.807, 2.05) is 12.1 Å². The normalized spacial score (nSPS) is 13.9. The number of esters is 1. The summed E-state index contributed by atoms with van der Waals surface area (Å²) in [6.07, 6.45) is 1.50. The lowest BCUT2D eigenvalue weighted by Crippen LogP contribution is -2.36. The van der Waals surface area contributed by atoms with Crippen molar-refractivity contribution in [3.8, 4) is 17.2 Å².